The van der Waals surface area contributed by atoms with Crippen molar-refractivity contribution in [1.82, 2.24) is 4.31 Å². The maximum atomic E-state index is 6.36. The molecule has 3 rings (SSSR count). The molecule has 2 aromatic carbocycles. The molecule has 3 atom stereocenters. The summed E-state index contributed by atoms with van der Waals surface area (Å²) < 4.78 is 2.70. The van der Waals surface area contributed by atoms with Crippen LogP contribution in [0.5, 0.6) is 0 Å². The lowest BCUT2D eigenvalue weighted by Crippen LogP contribution is -2.41. The highest BCUT2D eigenvalue weighted by Crippen LogP contribution is 2.55. The maximum absolute atomic E-state index is 6.36. The zero-order valence-electron chi connectivity index (χ0n) is 16.0. The molecule has 0 N–H and O–H groups in total. The maximum Gasteiger partial charge on any atom is 0.0521 e. The Labute approximate surface area is 177 Å². The van der Waals surface area contributed by atoms with Gasteiger partial charge in [0.15, 0.2) is 0 Å². The predicted octanol–water partition coefficient (Wildman–Crippen LogP) is 7.92. The number of nitrogens with zero attached hydrogens (tertiary/aromatic N) is 1. The van der Waals surface area contributed by atoms with Crippen molar-refractivity contribution in [3.05, 3.63) is 82.4 Å². The van der Waals surface area contributed by atoms with Crippen molar-refractivity contribution in [2.45, 2.75) is 49.8 Å². The molecule has 0 radical (unpaired) electrons. The first kappa shape index (κ1) is 20.8. The van der Waals surface area contributed by atoms with Crippen molar-refractivity contribution in [3.8, 4) is 0 Å². The quantitative estimate of drug-likeness (QED) is 0.345. The van der Waals surface area contributed by atoms with E-state index in [4.69, 9.17) is 23.2 Å². The number of hydrogen-bond donors (Lipinski definition) is 0. The standard InChI is InChI=1S/C23H27Cl2NS/c1-4-13-23(3)16-21(18-7-6-8-20(25)15-18)22(26(27-23)14-5-2)17-9-11-19(24)12-10-17/h4,6-12,15,21-22H,1,5,13-14,16H2,2-3H3/t21-,22-,23+/m1/s1. The smallest absolute Gasteiger partial charge is 0.0521 e. The molecule has 144 valence electrons. The van der Waals surface area contributed by atoms with E-state index in [1.165, 1.54) is 11.1 Å². The van der Waals surface area contributed by atoms with Gasteiger partial charge in [-0.25, -0.2) is 4.31 Å². The van der Waals surface area contributed by atoms with Crippen LogP contribution in [0, 0.1) is 0 Å². The van der Waals surface area contributed by atoms with Gasteiger partial charge in [-0.1, -0.05) is 72.4 Å². The SMILES string of the molecule is C=CC[C@@]1(C)C[C@H](c2cccc(Cl)c2)[C@@H](c2ccc(Cl)cc2)N(CCC)S1. The van der Waals surface area contributed by atoms with Crippen LogP contribution >= 0.6 is 35.1 Å². The Morgan fingerprint density at radius 3 is 2.52 bits per heavy atom. The lowest BCUT2D eigenvalue weighted by molar-refractivity contribution is 0.255. The van der Waals surface area contributed by atoms with Gasteiger partial charge in [-0.2, -0.15) is 0 Å². The highest BCUT2D eigenvalue weighted by Gasteiger charge is 2.43. The van der Waals surface area contributed by atoms with E-state index < -0.39 is 0 Å². The monoisotopic (exact) mass is 419 g/mol. The highest BCUT2D eigenvalue weighted by atomic mass is 35.5. The predicted molar refractivity (Wildman–Crippen MR) is 121 cm³/mol. The summed E-state index contributed by atoms with van der Waals surface area (Å²) in [6.07, 6.45) is 5.23. The first-order valence-corrected chi connectivity index (χ1v) is 11.1. The van der Waals surface area contributed by atoms with Gasteiger partial charge >= 0.3 is 0 Å². The first-order chi connectivity index (χ1) is 13.0. The van der Waals surface area contributed by atoms with E-state index in [1.54, 1.807) is 0 Å². The fraction of sp³-hybridized carbons (Fsp3) is 0.391. The van der Waals surface area contributed by atoms with E-state index >= 15 is 0 Å². The summed E-state index contributed by atoms with van der Waals surface area (Å²) in [5, 5.41) is 1.58. The molecule has 0 spiro atoms. The van der Waals surface area contributed by atoms with E-state index in [0.717, 1.165) is 35.9 Å². The summed E-state index contributed by atoms with van der Waals surface area (Å²) in [6, 6.07) is 17.0. The van der Waals surface area contributed by atoms with Crippen molar-refractivity contribution in [2.24, 2.45) is 0 Å². The van der Waals surface area contributed by atoms with Crippen molar-refractivity contribution < 1.29 is 0 Å². The van der Waals surface area contributed by atoms with Crippen LogP contribution in [0.4, 0.5) is 0 Å². The Kier molecular flexibility index (Phi) is 6.97. The Hall–Kier alpha value is -0.930. The van der Waals surface area contributed by atoms with Gasteiger partial charge in [0.2, 0.25) is 0 Å². The van der Waals surface area contributed by atoms with Gasteiger partial charge in [-0.05, 0) is 61.6 Å². The molecule has 0 bridgehead atoms. The molecule has 1 aliphatic rings. The molecular formula is C23H27Cl2NS. The lowest BCUT2D eigenvalue weighted by Gasteiger charge is -2.49. The average Bonchev–Trinajstić information content (AvgIpc) is 2.63. The van der Waals surface area contributed by atoms with E-state index in [1.807, 2.05) is 30.1 Å². The molecular weight excluding hydrogens is 393 g/mol. The number of benzene rings is 2. The Bertz CT molecular complexity index is 776. The molecule has 0 saturated carbocycles. The minimum absolute atomic E-state index is 0.132. The highest BCUT2D eigenvalue weighted by molar-refractivity contribution is 7.98. The molecule has 2 aromatic rings. The van der Waals surface area contributed by atoms with E-state index in [-0.39, 0.29) is 4.75 Å². The zero-order valence-corrected chi connectivity index (χ0v) is 18.3. The second-order valence-electron chi connectivity index (χ2n) is 7.54. The minimum atomic E-state index is 0.132. The molecule has 0 unspecified atom stereocenters. The van der Waals surface area contributed by atoms with Gasteiger partial charge in [0.05, 0.1) is 6.04 Å². The van der Waals surface area contributed by atoms with Crippen LogP contribution in [0.2, 0.25) is 10.0 Å². The number of allylic oxidation sites excluding steroid dienone is 1. The van der Waals surface area contributed by atoms with Crippen LogP contribution in [-0.4, -0.2) is 15.6 Å². The molecule has 4 heteroatoms. The van der Waals surface area contributed by atoms with E-state index in [9.17, 15) is 0 Å². The van der Waals surface area contributed by atoms with Gasteiger partial charge in [-0.3, -0.25) is 0 Å². The summed E-state index contributed by atoms with van der Waals surface area (Å²) >= 11 is 14.5. The van der Waals surface area contributed by atoms with E-state index in [2.05, 4.69) is 61.1 Å². The van der Waals surface area contributed by atoms with Gasteiger partial charge in [0, 0.05) is 27.3 Å². The molecule has 0 aromatic heterocycles. The van der Waals surface area contributed by atoms with Crippen LogP contribution in [-0.2, 0) is 0 Å². The van der Waals surface area contributed by atoms with Crippen LogP contribution in [0.1, 0.15) is 56.2 Å². The molecule has 0 aliphatic carbocycles. The van der Waals surface area contributed by atoms with Gasteiger partial charge in [0.1, 0.15) is 0 Å². The molecule has 27 heavy (non-hydrogen) atoms. The largest absolute Gasteiger partial charge is 0.242 e. The Morgan fingerprint density at radius 2 is 1.89 bits per heavy atom. The number of rotatable bonds is 6. The van der Waals surface area contributed by atoms with Crippen molar-refractivity contribution in [1.29, 1.82) is 0 Å². The van der Waals surface area contributed by atoms with Crippen LogP contribution in [0.25, 0.3) is 0 Å². The first-order valence-electron chi connectivity index (χ1n) is 9.53. The van der Waals surface area contributed by atoms with E-state index in [0.29, 0.717) is 12.0 Å². The summed E-state index contributed by atoms with van der Waals surface area (Å²) in [6.45, 7) is 9.65. The molecule has 0 amide bonds. The summed E-state index contributed by atoms with van der Waals surface area (Å²) in [5.74, 6) is 0.364. The summed E-state index contributed by atoms with van der Waals surface area (Å²) in [7, 11) is 0. The summed E-state index contributed by atoms with van der Waals surface area (Å²) in [5.41, 5.74) is 2.62. The minimum Gasteiger partial charge on any atom is -0.242 e. The molecule has 1 fully saturated rings. The Balaban J connectivity index is 2.08. The van der Waals surface area contributed by atoms with Crippen LogP contribution in [0.3, 0.4) is 0 Å². The third-order valence-electron chi connectivity index (χ3n) is 5.19. The zero-order chi connectivity index (χ0) is 19.4. The topological polar surface area (TPSA) is 3.24 Å². The third-order valence-corrected chi connectivity index (χ3v) is 7.09. The van der Waals surface area contributed by atoms with Gasteiger partial charge in [-0.15, -0.1) is 6.58 Å². The average molecular weight is 420 g/mol. The van der Waals surface area contributed by atoms with Crippen LogP contribution in [0.15, 0.2) is 61.2 Å². The molecule has 1 nitrogen and oxygen atoms in total. The normalized spacial score (nSPS) is 26.1. The second-order valence-corrected chi connectivity index (χ2v) is 10.0. The van der Waals surface area contributed by atoms with Gasteiger partial charge in [0.25, 0.3) is 0 Å². The van der Waals surface area contributed by atoms with Crippen LogP contribution < -0.4 is 0 Å². The lowest BCUT2D eigenvalue weighted by atomic mass is 9.79. The fourth-order valence-electron chi connectivity index (χ4n) is 4.08. The number of hydrogen-bond acceptors (Lipinski definition) is 2. The van der Waals surface area contributed by atoms with Crippen molar-refractivity contribution in [3.63, 3.8) is 0 Å². The second kappa shape index (κ2) is 9.05. The summed E-state index contributed by atoms with van der Waals surface area (Å²) in [4.78, 5) is 0. The molecule has 1 heterocycles. The third kappa shape index (κ3) is 4.92. The van der Waals surface area contributed by atoms with Crippen molar-refractivity contribution in [2.75, 3.05) is 6.54 Å². The fourth-order valence-corrected chi connectivity index (χ4v) is 6.08. The van der Waals surface area contributed by atoms with Gasteiger partial charge < -0.3 is 0 Å². The Morgan fingerprint density at radius 1 is 1.15 bits per heavy atom. The number of halogens is 2. The molecule has 1 aliphatic heterocycles. The molecule has 1 saturated heterocycles. The van der Waals surface area contributed by atoms with Crippen molar-refractivity contribution >= 4 is 35.1 Å².